The molecule has 0 N–H and O–H groups in total. The zero-order valence-corrected chi connectivity index (χ0v) is 15.9. The van der Waals surface area contributed by atoms with E-state index in [0.29, 0.717) is 10.8 Å². The Bertz CT molecular complexity index is 516. The molecular formula is C21H34O2. The van der Waals surface area contributed by atoms with E-state index in [0.717, 1.165) is 23.8 Å². The van der Waals surface area contributed by atoms with Crippen molar-refractivity contribution in [3.63, 3.8) is 0 Å². The number of carbonyl (C=O) groups is 1. The van der Waals surface area contributed by atoms with E-state index >= 15 is 0 Å². The molecule has 0 aliphatic heterocycles. The summed E-state index contributed by atoms with van der Waals surface area (Å²) in [5, 5.41) is 0. The van der Waals surface area contributed by atoms with Gasteiger partial charge in [0.25, 0.3) is 0 Å². The zero-order valence-electron chi connectivity index (χ0n) is 15.9. The number of hydrogen-bond donors (Lipinski definition) is 0. The van der Waals surface area contributed by atoms with E-state index in [-0.39, 0.29) is 5.97 Å². The van der Waals surface area contributed by atoms with E-state index in [1.54, 1.807) is 11.6 Å². The van der Waals surface area contributed by atoms with Gasteiger partial charge in [-0.05, 0) is 75.0 Å². The van der Waals surface area contributed by atoms with E-state index in [1.807, 2.05) is 0 Å². The first kappa shape index (κ1) is 18.3. The summed E-state index contributed by atoms with van der Waals surface area (Å²) in [6, 6.07) is 0. The number of carbonyl (C=O) groups excluding carboxylic acids is 1. The second kappa shape index (κ2) is 6.83. The van der Waals surface area contributed by atoms with Crippen molar-refractivity contribution in [3.8, 4) is 0 Å². The predicted molar refractivity (Wildman–Crippen MR) is 96.1 cm³/mol. The monoisotopic (exact) mass is 318 g/mol. The maximum absolute atomic E-state index is 11.4. The fraction of sp³-hybridized carbons (Fsp3) is 0.762. The van der Waals surface area contributed by atoms with Crippen LogP contribution in [0.2, 0.25) is 0 Å². The van der Waals surface area contributed by atoms with Gasteiger partial charge in [-0.3, -0.25) is 0 Å². The van der Waals surface area contributed by atoms with Crippen molar-refractivity contribution >= 4 is 5.97 Å². The number of esters is 1. The highest BCUT2D eigenvalue weighted by molar-refractivity contribution is 5.82. The fourth-order valence-electron chi connectivity index (χ4n) is 5.13. The minimum Gasteiger partial charge on any atom is -0.466 e. The fourth-order valence-corrected chi connectivity index (χ4v) is 5.13. The number of fused-ring (bicyclic) bond motifs is 1. The Morgan fingerprint density at radius 3 is 2.74 bits per heavy atom. The molecule has 0 aromatic carbocycles. The number of rotatable bonds is 4. The summed E-state index contributed by atoms with van der Waals surface area (Å²) >= 11 is 0. The minimum absolute atomic E-state index is 0.231. The summed E-state index contributed by atoms with van der Waals surface area (Å²) < 4.78 is 4.75. The second-order valence-electron chi connectivity index (χ2n) is 8.39. The summed E-state index contributed by atoms with van der Waals surface area (Å²) in [4.78, 5) is 11.4. The molecular weight excluding hydrogens is 284 g/mol. The van der Waals surface area contributed by atoms with Crippen LogP contribution in [0.25, 0.3) is 0 Å². The lowest BCUT2D eigenvalue weighted by molar-refractivity contribution is -0.134. The second-order valence-corrected chi connectivity index (χ2v) is 8.39. The zero-order chi connectivity index (χ0) is 17.3. The van der Waals surface area contributed by atoms with E-state index in [2.05, 4.69) is 40.7 Å². The van der Waals surface area contributed by atoms with E-state index < -0.39 is 0 Å². The Morgan fingerprint density at radius 2 is 2.09 bits per heavy atom. The van der Waals surface area contributed by atoms with Gasteiger partial charge in [0.1, 0.15) is 0 Å². The lowest BCUT2D eigenvalue weighted by atomic mass is 9.47. The Balaban J connectivity index is 2.19. The van der Waals surface area contributed by atoms with Crippen molar-refractivity contribution in [2.24, 2.45) is 22.7 Å². The van der Waals surface area contributed by atoms with Crippen molar-refractivity contribution in [3.05, 3.63) is 23.3 Å². The number of ether oxygens (including phenoxy) is 1. The van der Waals surface area contributed by atoms with Gasteiger partial charge < -0.3 is 4.74 Å². The summed E-state index contributed by atoms with van der Waals surface area (Å²) in [5.41, 5.74) is 3.47. The lowest BCUT2D eigenvalue weighted by Crippen LogP contribution is -2.49. The summed E-state index contributed by atoms with van der Waals surface area (Å²) in [6.45, 7) is 11.8. The lowest BCUT2D eigenvalue weighted by Gasteiger charge is -2.58. The predicted octanol–water partition coefficient (Wildman–Crippen LogP) is 5.68. The molecule has 4 atom stereocenters. The van der Waals surface area contributed by atoms with Crippen molar-refractivity contribution in [1.29, 1.82) is 0 Å². The minimum atomic E-state index is -0.231. The molecule has 1 fully saturated rings. The molecule has 2 nitrogen and oxygen atoms in total. The topological polar surface area (TPSA) is 26.3 Å². The van der Waals surface area contributed by atoms with Crippen LogP contribution in [-0.2, 0) is 9.53 Å². The Labute approximate surface area is 142 Å². The van der Waals surface area contributed by atoms with Gasteiger partial charge in [-0.25, -0.2) is 4.79 Å². The van der Waals surface area contributed by atoms with Gasteiger partial charge in [0.15, 0.2) is 0 Å². The van der Waals surface area contributed by atoms with Crippen molar-refractivity contribution in [2.45, 2.75) is 73.1 Å². The number of allylic oxidation sites excluding steroid dienone is 3. The molecule has 0 aromatic rings. The molecule has 0 amide bonds. The molecule has 0 unspecified atom stereocenters. The molecule has 2 aliphatic carbocycles. The highest BCUT2D eigenvalue weighted by Crippen LogP contribution is 2.61. The van der Waals surface area contributed by atoms with Crippen LogP contribution in [0, 0.1) is 22.7 Å². The standard InChI is InChI=1S/C21H34O2/c1-15(14-19(22)23-6)10-12-20(4)17(3)11-13-21(5)16(2)8-7-9-18(20)21/h8,14,17-18H,7,9-13H2,1-6H3/b15-14+/t17-,18-,20+,21-/m0/s1. The SMILES string of the molecule is COC(=O)/C=C(\C)CC[C@]1(C)[C@@H](C)CC[C@@]2(C)C(C)=CCC[C@@H]12. The molecule has 23 heavy (non-hydrogen) atoms. The van der Waals surface area contributed by atoms with Crippen LogP contribution in [0.1, 0.15) is 73.1 Å². The van der Waals surface area contributed by atoms with Crippen molar-refractivity contribution in [1.82, 2.24) is 0 Å². The van der Waals surface area contributed by atoms with Gasteiger partial charge in [-0.2, -0.15) is 0 Å². The largest absolute Gasteiger partial charge is 0.466 e. The van der Waals surface area contributed by atoms with Crippen LogP contribution in [0.4, 0.5) is 0 Å². The van der Waals surface area contributed by atoms with E-state index in [4.69, 9.17) is 4.74 Å². The Morgan fingerprint density at radius 1 is 1.39 bits per heavy atom. The summed E-state index contributed by atoms with van der Waals surface area (Å²) in [7, 11) is 1.44. The summed E-state index contributed by atoms with van der Waals surface area (Å²) in [6.07, 6.45) is 11.5. The molecule has 130 valence electrons. The molecule has 2 heteroatoms. The molecule has 0 bridgehead atoms. The molecule has 1 saturated carbocycles. The average Bonchev–Trinajstić information content (AvgIpc) is 2.52. The average molecular weight is 319 g/mol. The number of methoxy groups -OCH3 is 1. The quantitative estimate of drug-likeness (QED) is 0.378. The normalized spacial score (nSPS) is 37.8. The Kier molecular flexibility index (Phi) is 5.43. The van der Waals surface area contributed by atoms with Crippen molar-refractivity contribution < 1.29 is 9.53 Å². The molecule has 0 aromatic heterocycles. The maximum atomic E-state index is 11.4. The molecule has 0 spiro atoms. The molecule has 2 aliphatic rings. The van der Waals surface area contributed by atoms with Gasteiger partial charge in [0.2, 0.25) is 0 Å². The highest BCUT2D eigenvalue weighted by Gasteiger charge is 2.52. The van der Waals surface area contributed by atoms with Gasteiger partial charge in [0.05, 0.1) is 7.11 Å². The van der Waals surface area contributed by atoms with Crippen LogP contribution in [0.5, 0.6) is 0 Å². The molecule has 2 rings (SSSR count). The third kappa shape index (κ3) is 3.41. The molecule has 0 radical (unpaired) electrons. The maximum Gasteiger partial charge on any atom is 0.330 e. The van der Waals surface area contributed by atoms with Crippen LogP contribution >= 0.6 is 0 Å². The van der Waals surface area contributed by atoms with Gasteiger partial charge >= 0.3 is 5.97 Å². The van der Waals surface area contributed by atoms with Gasteiger partial charge in [-0.15, -0.1) is 0 Å². The third-order valence-electron chi connectivity index (χ3n) is 7.22. The molecule has 0 saturated heterocycles. The number of hydrogen-bond acceptors (Lipinski definition) is 2. The Hall–Kier alpha value is -1.05. The first-order valence-corrected chi connectivity index (χ1v) is 9.16. The molecule has 0 heterocycles. The first-order chi connectivity index (χ1) is 10.7. The van der Waals surface area contributed by atoms with Gasteiger partial charge in [-0.1, -0.05) is 38.0 Å². The van der Waals surface area contributed by atoms with E-state index in [1.165, 1.54) is 39.2 Å². The van der Waals surface area contributed by atoms with Crippen LogP contribution in [-0.4, -0.2) is 13.1 Å². The van der Waals surface area contributed by atoms with Gasteiger partial charge in [0, 0.05) is 6.08 Å². The summed E-state index contributed by atoms with van der Waals surface area (Å²) in [5.74, 6) is 1.28. The van der Waals surface area contributed by atoms with Crippen LogP contribution < -0.4 is 0 Å². The van der Waals surface area contributed by atoms with Crippen LogP contribution in [0.15, 0.2) is 23.3 Å². The smallest absolute Gasteiger partial charge is 0.330 e. The third-order valence-corrected chi connectivity index (χ3v) is 7.22. The van der Waals surface area contributed by atoms with Crippen molar-refractivity contribution in [2.75, 3.05) is 7.11 Å². The van der Waals surface area contributed by atoms with E-state index in [9.17, 15) is 4.79 Å². The van der Waals surface area contributed by atoms with Crippen LogP contribution in [0.3, 0.4) is 0 Å². The highest BCUT2D eigenvalue weighted by atomic mass is 16.5. The first-order valence-electron chi connectivity index (χ1n) is 9.16.